The van der Waals surface area contributed by atoms with Gasteiger partial charge in [0.25, 0.3) is 0 Å². The Morgan fingerprint density at radius 2 is 1.73 bits per heavy atom. The van der Waals surface area contributed by atoms with Gasteiger partial charge in [0.2, 0.25) is 0 Å². The van der Waals surface area contributed by atoms with Gasteiger partial charge in [-0.2, -0.15) is 0 Å². The summed E-state index contributed by atoms with van der Waals surface area (Å²) in [5.41, 5.74) is 0.713. The van der Waals surface area contributed by atoms with Gasteiger partial charge in [0.05, 0.1) is 5.75 Å². The van der Waals surface area contributed by atoms with Crippen LogP contribution in [0.5, 0.6) is 0 Å². The highest BCUT2D eigenvalue weighted by Crippen LogP contribution is 2.07. The van der Waals surface area contributed by atoms with Crippen LogP contribution in [0.15, 0.2) is 30.3 Å². The van der Waals surface area contributed by atoms with E-state index in [1.165, 1.54) is 0 Å². The van der Waals surface area contributed by atoms with Crippen molar-refractivity contribution in [2.75, 3.05) is 5.75 Å². The molecule has 1 aromatic rings. The maximum absolute atomic E-state index is 11.5. The van der Waals surface area contributed by atoms with Crippen molar-refractivity contribution in [3.8, 4) is 0 Å². The van der Waals surface area contributed by atoms with Crippen LogP contribution in [-0.4, -0.2) is 31.3 Å². The number of hydrogen-bond donors (Lipinski definition) is 2. The highest BCUT2D eigenvalue weighted by Gasteiger charge is 2.16. The van der Waals surface area contributed by atoms with Crippen molar-refractivity contribution in [3.63, 3.8) is 0 Å². The van der Waals surface area contributed by atoms with Gasteiger partial charge < -0.3 is 10.0 Å². The van der Waals surface area contributed by atoms with Gasteiger partial charge in [-0.05, 0) is 11.9 Å². The van der Waals surface area contributed by atoms with Crippen LogP contribution in [-0.2, 0) is 15.6 Å². The summed E-state index contributed by atoms with van der Waals surface area (Å²) in [6.07, 6.45) is -0.144. The second-order valence-electron chi connectivity index (χ2n) is 3.35. The fourth-order valence-electron chi connectivity index (χ4n) is 1.19. The molecule has 0 atom stereocenters. The lowest BCUT2D eigenvalue weighted by atomic mass is 9.88. The molecule has 6 heteroatoms. The van der Waals surface area contributed by atoms with Gasteiger partial charge in [-0.3, -0.25) is 0 Å². The zero-order valence-electron chi connectivity index (χ0n) is 8.20. The molecule has 0 spiro atoms. The Labute approximate surface area is 89.6 Å². The van der Waals surface area contributed by atoms with E-state index in [-0.39, 0.29) is 17.8 Å². The molecule has 4 nitrogen and oxygen atoms in total. The molecule has 0 unspecified atom stereocenters. The first-order valence-electron chi connectivity index (χ1n) is 4.60. The summed E-state index contributed by atoms with van der Waals surface area (Å²) in [6, 6.07) is 8.81. The van der Waals surface area contributed by atoms with Crippen LogP contribution in [0.4, 0.5) is 0 Å². The van der Waals surface area contributed by atoms with Gasteiger partial charge in [-0.1, -0.05) is 30.3 Å². The third kappa shape index (κ3) is 4.97. The molecule has 0 fully saturated rings. The topological polar surface area (TPSA) is 74.6 Å². The van der Waals surface area contributed by atoms with E-state index in [1.54, 1.807) is 24.3 Å². The van der Waals surface area contributed by atoms with E-state index < -0.39 is 17.0 Å². The molecule has 0 radical (unpaired) electrons. The maximum atomic E-state index is 11.5. The molecule has 0 bridgehead atoms. The summed E-state index contributed by atoms with van der Waals surface area (Å²) in [6.45, 7) is 0. The van der Waals surface area contributed by atoms with Crippen LogP contribution in [0.25, 0.3) is 0 Å². The molecule has 0 saturated heterocycles. The van der Waals surface area contributed by atoms with Crippen molar-refractivity contribution >= 4 is 17.0 Å². The third-order valence-corrected chi connectivity index (χ3v) is 3.55. The van der Waals surface area contributed by atoms with Gasteiger partial charge in [-0.15, -0.1) is 0 Å². The largest absolute Gasteiger partial charge is 0.452 e. The molecule has 0 heterocycles. The first kappa shape index (κ1) is 12.2. The van der Waals surface area contributed by atoms with Crippen molar-refractivity contribution in [2.24, 2.45) is 0 Å². The summed E-state index contributed by atoms with van der Waals surface area (Å²) in [5, 5.41) is 17.1. The average Bonchev–Trinajstić information content (AvgIpc) is 2.16. The van der Waals surface area contributed by atoms with Gasteiger partial charge >= 0.3 is 7.12 Å². The third-order valence-electron chi connectivity index (χ3n) is 1.92. The summed E-state index contributed by atoms with van der Waals surface area (Å²) in [4.78, 5) is 0. The van der Waals surface area contributed by atoms with Crippen molar-refractivity contribution in [2.45, 2.75) is 12.1 Å². The number of rotatable bonds is 5. The Bertz CT molecular complexity index is 388. The van der Waals surface area contributed by atoms with Gasteiger partial charge in [0.1, 0.15) is 0 Å². The molecular weight excluding hydrogens is 215 g/mol. The molecule has 0 saturated carbocycles. The van der Waals surface area contributed by atoms with Crippen LogP contribution >= 0.6 is 0 Å². The summed E-state index contributed by atoms with van der Waals surface area (Å²) < 4.78 is 23.0. The molecule has 1 aromatic carbocycles. The number of hydrogen-bond acceptors (Lipinski definition) is 4. The number of benzene rings is 1. The minimum Gasteiger partial charge on any atom is -0.427 e. The minimum atomic E-state index is -3.25. The van der Waals surface area contributed by atoms with Crippen LogP contribution in [0.2, 0.25) is 6.32 Å². The van der Waals surface area contributed by atoms with E-state index in [0.717, 1.165) is 0 Å². The molecule has 0 aliphatic carbocycles. The molecule has 15 heavy (non-hydrogen) atoms. The summed E-state index contributed by atoms with van der Waals surface area (Å²) in [7, 11) is -4.81. The Morgan fingerprint density at radius 1 is 1.13 bits per heavy atom. The molecule has 0 aliphatic rings. The van der Waals surface area contributed by atoms with Crippen molar-refractivity contribution in [1.82, 2.24) is 0 Å². The first-order valence-corrected chi connectivity index (χ1v) is 6.42. The lowest BCUT2D eigenvalue weighted by Gasteiger charge is -2.03. The predicted molar refractivity (Wildman–Crippen MR) is 58.9 cm³/mol. The molecular formula is C9H13BO4S. The van der Waals surface area contributed by atoms with Crippen LogP contribution in [0.3, 0.4) is 0 Å². The van der Waals surface area contributed by atoms with Crippen LogP contribution in [0, 0.1) is 0 Å². The van der Waals surface area contributed by atoms with E-state index in [1.807, 2.05) is 6.07 Å². The Hall–Kier alpha value is -0.845. The van der Waals surface area contributed by atoms with Crippen molar-refractivity contribution in [3.05, 3.63) is 35.9 Å². The summed E-state index contributed by atoms with van der Waals surface area (Å²) in [5.74, 6) is -0.264. The highest BCUT2D eigenvalue weighted by molar-refractivity contribution is 7.90. The lowest BCUT2D eigenvalue weighted by molar-refractivity contribution is 0.408. The van der Waals surface area contributed by atoms with E-state index in [9.17, 15) is 8.42 Å². The second-order valence-corrected chi connectivity index (χ2v) is 5.53. The zero-order valence-corrected chi connectivity index (χ0v) is 9.02. The average molecular weight is 228 g/mol. The van der Waals surface area contributed by atoms with Crippen molar-refractivity contribution < 1.29 is 18.5 Å². The number of sulfone groups is 1. The second kappa shape index (κ2) is 5.30. The highest BCUT2D eigenvalue weighted by atomic mass is 32.2. The molecule has 0 aromatic heterocycles. The standard InChI is InChI=1S/C9H13BO4S/c11-10(12)6-7-15(13,14)8-9-4-2-1-3-5-9/h1-5,11-12H,6-8H2. The van der Waals surface area contributed by atoms with Crippen LogP contribution in [0.1, 0.15) is 5.56 Å². The summed E-state index contributed by atoms with van der Waals surface area (Å²) >= 11 is 0. The molecule has 0 aliphatic heterocycles. The first-order chi connectivity index (χ1) is 6.99. The van der Waals surface area contributed by atoms with Gasteiger partial charge in [0, 0.05) is 5.75 Å². The quantitative estimate of drug-likeness (QED) is 0.699. The fraction of sp³-hybridized carbons (Fsp3) is 0.333. The lowest BCUT2D eigenvalue weighted by Crippen LogP contribution is -2.18. The molecule has 0 amide bonds. The van der Waals surface area contributed by atoms with Gasteiger partial charge in [-0.25, -0.2) is 8.42 Å². The normalized spacial score (nSPS) is 11.3. The Morgan fingerprint density at radius 3 is 2.27 bits per heavy atom. The monoisotopic (exact) mass is 228 g/mol. The van der Waals surface area contributed by atoms with E-state index in [2.05, 4.69) is 0 Å². The van der Waals surface area contributed by atoms with Crippen molar-refractivity contribution in [1.29, 1.82) is 0 Å². The molecule has 1 rings (SSSR count). The maximum Gasteiger partial charge on any atom is 0.452 e. The Kier molecular flexibility index (Phi) is 4.32. The predicted octanol–water partition coefficient (Wildman–Crippen LogP) is 0.0742. The fourth-order valence-corrected chi connectivity index (χ4v) is 2.60. The van der Waals surface area contributed by atoms with E-state index >= 15 is 0 Å². The molecule has 82 valence electrons. The minimum absolute atomic E-state index is 0.0550. The molecule has 2 N–H and O–H groups in total. The van der Waals surface area contributed by atoms with E-state index in [4.69, 9.17) is 10.0 Å². The van der Waals surface area contributed by atoms with E-state index in [0.29, 0.717) is 5.56 Å². The smallest absolute Gasteiger partial charge is 0.427 e. The SMILES string of the molecule is O=S(=O)(CCB(O)O)Cc1ccccc1. The Balaban J connectivity index is 2.57. The zero-order chi connectivity index (χ0) is 11.3. The van der Waals surface area contributed by atoms with Gasteiger partial charge in [0.15, 0.2) is 9.84 Å². The van der Waals surface area contributed by atoms with Crippen LogP contribution < -0.4 is 0 Å².